The smallest absolute Gasteiger partial charge is 0.191 e. The van der Waals surface area contributed by atoms with E-state index in [0.717, 1.165) is 58.8 Å². The second kappa shape index (κ2) is 8.46. The number of hydrogen-bond acceptors (Lipinski definition) is 4. The third-order valence-corrected chi connectivity index (χ3v) is 4.74. The van der Waals surface area contributed by atoms with Crippen molar-refractivity contribution in [3.8, 4) is 0 Å². The van der Waals surface area contributed by atoms with Gasteiger partial charge in [0, 0.05) is 32.7 Å². The van der Waals surface area contributed by atoms with Gasteiger partial charge in [-0.1, -0.05) is 24.3 Å². The number of aliphatic hydroxyl groups excluding tert-OH is 1. The van der Waals surface area contributed by atoms with E-state index >= 15 is 0 Å². The molecule has 3 N–H and O–H groups in total. The Kier molecular flexibility index (Phi) is 6.07. The molecule has 6 heteroatoms. The van der Waals surface area contributed by atoms with Crippen LogP contribution in [0.5, 0.6) is 0 Å². The van der Waals surface area contributed by atoms with Crippen LogP contribution < -0.4 is 5.73 Å². The van der Waals surface area contributed by atoms with Crippen LogP contribution in [0.2, 0.25) is 0 Å². The number of nitrogens with two attached hydrogens (primary N) is 1. The van der Waals surface area contributed by atoms with Crippen LogP contribution in [0.1, 0.15) is 24.0 Å². The number of aliphatic imine (C=N–C) groups is 1. The average Bonchev–Trinajstić information content (AvgIpc) is 2.63. The first-order valence-electron chi connectivity index (χ1n) is 8.81. The molecule has 24 heavy (non-hydrogen) atoms. The lowest BCUT2D eigenvalue weighted by atomic mass is 10.1. The van der Waals surface area contributed by atoms with Gasteiger partial charge >= 0.3 is 0 Å². The molecule has 2 heterocycles. The molecule has 0 aromatic heterocycles. The zero-order chi connectivity index (χ0) is 16.8. The predicted octanol–water partition coefficient (Wildman–Crippen LogP) is 0.790. The Balaban J connectivity index is 1.49. The van der Waals surface area contributed by atoms with Crippen molar-refractivity contribution in [2.45, 2.75) is 32.0 Å². The van der Waals surface area contributed by atoms with Crippen molar-refractivity contribution in [3.05, 3.63) is 35.4 Å². The van der Waals surface area contributed by atoms with E-state index in [4.69, 9.17) is 10.5 Å². The minimum absolute atomic E-state index is 0.113. The van der Waals surface area contributed by atoms with Crippen molar-refractivity contribution < 1.29 is 9.84 Å². The summed E-state index contributed by atoms with van der Waals surface area (Å²) in [4.78, 5) is 8.97. The van der Waals surface area contributed by atoms with Crippen LogP contribution in [0.25, 0.3) is 0 Å². The highest BCUT2D eigenvalue weighted by Gasteiger charge is 2.16. The van der Waals surface area contributed by atoms with Crippen molar-refractivity contribution in [3.63, 3.8) is 0 Å². The second-order valence-electron chi connectivity index (χ2n) is 6.60. The normalized spacial score (nSPS) is 21.2. The van der Waals surface area contributed by atoms with Crippen LogP contribution in [-0.4, -0.2) is 66.4 Å². The zero-order valence-corrected chi connectivity index (χ0v) is 14.2. The van der Waals surface area contributed by atoms with Crippen molar-refractivity contribution in [2.24, 2.45) is 10.7 Å². The van der Waals surface area contributed by atoms with Crippen molar-refractivity contribution >= 4 is 5.96 Å². The van der Waals surface area contributed by atoms with Gasteiger partial charge < -0.3 is 20.5 Å². The summed E-state index contributed by atoms with van der Waals surface area (Å²) in [6.45, 7) is 6.59. The quantitative estimate of drug-likeness (QED) is 0.630. The Bertz CT molecular complexity index is 532. The predicted molar refractivity (Wildman–Crippen MR) is 94.7 cm³/mol. The number of nitrogens with zero attached hydrogens (tertiary/aromatic N) is 3. The molecule has 0 saturated carbocycles. The molecule has 0 radical (unpaired) electrons. The molecule has 1 aromatic carbocycles. The van der Waals surface area contributed by atoms with Gasteiger partial charge in [0.25, 0.3) is 0 Å². The third-order valence-electron chi connectivity index (χ3n) is 4.74. The molecule has 1 aromatic rings. The SMILES string of the molecule is NC(=NCc1ccc(CN2CCC(O)CC2)cc1)N1CCOCC1. The van der Waals surface area contributed by atoms with Gasteiger partial charge in [0.05, 0.1) is 25.9 Å². The van der Waals surface area contributed by atoms with Crippen molar-refractivity contribution in [2.75, 3.05) is 39.4 Å². The number of guanidine groups is 1. The molecule has 2 saturated heterocycles. The Morgan fingerprint density at radius 2 is 1.71 bits per heavy atom. The molecular weight excluding hydrogens is 304 g/mol. The van der Waals surface area contributed by atoms with Gasteiger partial charge in [0.1, 0.15) is 0 Å². The molecule has 2 aliphatic heterocycles. The molecule has 2 aliphatic rings. The number of morpholine rings is 1. The fraction of sp³-hybridized carbons (Fsp3) is 0.611. The maximum absolute atomic E-state index is 9.57. The van der Waals surface area contributed by atoms with Gasteiger partial charge in [-0.3, -0.25) is 4.90 Å². The Morgan fingerprint density at radius 3 is 2.38 bits per heavy atom. The largest absolute Gasteiger partial charge is 0.393 e. The van der Waals surface area contributed by atoms with E-state index in [2.05, 4.69) is 39.1 Å². The van der Waals surface area contributed by atoms with E-state index in [0.29, 0.717) is 12.5 Å². The minimum atomic E-state index is -0.113. The molecule has 0 bridgehead atoms. The average molecular weight is 332 g/mol. The first-order chi connectivity index (χ1) is 11.7. The van der Waals surface area contributed by atoms with Crippen LogP contribution in [-0.2, 0) is 17.8 Å². The summed E-state index contributed by atoms with van der Waals surface area (Å²) < 4.78 is 5.32. The molecule has 132 valence electrons. The zero-order valence-electron chi connectivity index (χ0n) is 14.2. The van der Waals surface area contributed by atoms with Gasteiger partial charge in [0.2, 0.25) is 0 Å². The molecule has 6 nitrogen and oxygen atoms in total. The van der Waals surface area contributed by atoms with Gasteiger partial charge in [-0.15, -0.1) is 0 Å². The van der Waals surface area contributed by atoms with Crippen LogP contribution in [0.3, 0.4) is 0 Å². The Hall–Kier alpha value is -1.63. The maximum Gasteiger partial charge on any atom is 0.191 e. The molecule has 0 amide bonds. The topological polar surface area (TPSA) is 74.3 Å². The number of ether oxygens (including phenoxy) is 1. The summed E-state index contributed by atoms with van der Waals surface area (Å²) in [7, 11) is 0. The fourth-order valence-corrected chi connectivity index (χ4v) is 3.15. The number of rotatable bonds is 4. The molecule has 0 atom stereocenters. The molecule has 2 fully saturated rings. The summed E-state index contributed by atoms with van der Waals surface area (Å²) in [5.74, 6) is 0.606. The third kappa shape index (κ3) is 4.93. The number of aliphatic hydroxyl groups is 1. The van der Waals surface area contributed by atoms with E-state index in [1.807, 2.05) is 0 Å². The number of piperidine rings is 1. The second-order valence-corrected chi connectivity index (χ2v) is 6.60. The van der Waals surface area contributed by atoms with E-state index in [-0.39, 0.29) is 6.10 Å². The van der Waals surface area contributed by atoms with Gasteiger partial charge in [0.15, 0.2) is 5.96 Å². The maximum atomic E-state index is 9.57. The van der Waals surface area contributed by atoms with E-state index < -0.39 is 0 Å². The Labute approximate surface area is 143 Å². The number of hydrogen-bond donors (Lipinski definition) is 2. The van der Waals surface area contributed by atoms with Crippen LogP contribution in [0.4, 0.5) is 0 Å². The standard InChI is InChI=1S/C18H28N4O2/c19-18(22-9-11-24-12-10-22)20-13-15-1-3-16(4-2-15)14-21-7-5-17(23)6-8-21/h1-4,17,23H,5-14H2,(H2,19,20). The lowest BCUT2D eigenvalue weighted by molar-refractivity contribution is 0.0674. The molecular formula is C18H28N4O2. The van der Waals surface area contributed by atoms with Crippen LogP contribution in [0, 0.1) is 0 Å². The first-order valence-corrected chi connectivity index (χ1v) is 8.81. The summed E-state index contributed by atoms with van der Waals surface area (Å²) in [5.41, 5.74) is 8.53. The summed E-state index contributed by atoms with van der Waals surface area (Å²) in [5, 5.41) is 9.57. The lowest BCUT2D eigenvalue weighted by Crippen LogP contribution is -2.44. The summed E-state index contributed by atoms with van der Waals surface area (Å²) in [6, 6.07) is 8.59. The van der Waals surface area contributed by atoms with Gasteiger partial charge in [-0.05, 0) is 24.0 Å². The van der Waals surface area contributed by atoms with E-state index in [1.54, 1.807) is 0 Å². The highest BCUT2D eigenvalue weighted by atomic mass is 16.5. The minimum Gasteiger partial charge on any atom is -0.393 e. The van der Waals surface area contributed by atoms with Gasteiger partial charge in [-0.2, -0.15) is 0 Å². The monoisotopic (exact) mass is 332 g/mol. The number of likely N-dealkylation sites (tertiary alicyclic amines) is 1. The van der Waals surface area contributed by atoms with E-state index in [9.17, 15) is 5.11 Å². The highest BCUT2D eigenvalue weighted by Crippen LogP contribution is 2.14. The highest BCUT2D eigenvalue weighted by molar-refractivity contribution is 5.78. The van der Waals surface area contributed by atoms with Crippen LogP contribution in [0.15, 0.2) is 29.3 Å². The molecule has 3 rings (SSSR count). The molecule has 0 aliphatic carbocycles. The summed E-state index contributed by atoms with van der Waals surface area (Å²) in [6.07, 6.45) is 1.65. The number of benzene rings is 1. The van der Waals surface area contributed by atoms with Crippen molar-refractivity contribution in [1.82, 2.24) is 9.80 Å². The summed E-state index contributed by atoms with van der Waals surface area (Å²) >= 11 is 0. The molecule has 0 unspecified atom stereocenters. The first kappa shape index (κ1) is 17.2. The Morgan fingerprint density at radius 1 is 1.08 bits per heavy atom. The van der Waals surface area contributed by atoms with Gasteiger partial charge in [-0.25, -0.2) is 4.99 Å². The van der Waals surface area contributed by atoms with E-state index in [1.165, 1.54) is 11.1 Å². The van der Waals surface area contributed by atoms with Crippen LogP contribution >= 0.6 is 0 Å². The fourth-order valence-electron chi connectivity index (χ4n) is 3.15. The van der Waals surface area contributed by atoms with Crippen molar-refractivity contribution in [1.29, 1.82) is 0 Å². The lowest BCUT2D eigenvalue weighted by Gasteiger charge is -2.29. The molecule has 0 spiro atoms.